The average Bonchev–Trinajstić information content (AvgIpc) is 2.33. The van der Waals surface area contributed by atoms with Gasteiger partial charge >= 0.3 is 5.97 Å². The first-order valence-corrected chi connectivity index (χ1v) is 6.05. The molecule has 0 aliphatic rings. The van der Waals surface area contributed by atoms with Crippen LogP contribution in [0.1, 0.15) is 10.4 Å². The second kappa shape index (κ2) is 5.37. The van der Waals surface area contributed by atoms with Crippen molar-refractivity contribution in [2.24, 2.45) is 0 Å². The second-order valence-electron chi connectivity index (χ2n) is 3.36. The van der Waals surface area contributed by atoms with E-state index in [4.69, 9.17) is 21.4 Å². The highest BCUT2D eigenvalue weighted by atomic mass is 79.9. The summed E-state index contributed by atoms with van der Waals surface area (Å²) in [6.45, 7) is 0. The largest absolute Gasteiger partial charge is 0.478 e. The molecule has 2 rings (SSSR count). The Hall–Kier alpha value is -1.59. The highest BCUT2D eigenvalue weighted by Crippen LogP contribution is 2.31. The number of rotatable bonds is 3. The van der Waals surface area contributed by atoms with Gasteiger partial charge in [-0.15, -0.1) is 0 Å². The van der Waals surface area contributed by atoms with Crippen molar-refractivity contribution in [3.05, 3.63) is 51.6 Å². The predicted molar refractivity (Wildman–Crippen MR) is 70.4 cm³/mol. The van der Waals surface area contributed by atoms with Gasteiger partial charge in [0.25, 0.3) is 0 Å². The molecule has 18 heavy (non-hydrogen) atoms. The number of hydrogen-bond donors (Lipinski definition) is 1. The number of aromatic carboxylic acids is 1. The smallest absolute Gasteiger partial charge is 0.335 e. The van der Waals surface area contributed by atoms with E-state index in [9.17, 15) is 4.79 Å². The van der Waals surface area contributed by atoms with Crippen LogP contribution in [0.4, 0.5) is 0 Å². The van der Waals surface area contributed by atoms with E-state index < -0.39 is 5.97 Å². The van der Waals surface area contributed by atoms with Gasteiger partial charge in [0.05, 0.1) is 10.6 Å². The molecule has 0 aliphatic carbocycles. The maximum Gasteiger partial charge on any atom is 0.335 e. The van der Waals surface area contributed by atoms with Crippen LogP contribution in [0.25, 0.3) is 0 Å². The Labute approximate surface area is 116 Å². The van der Waals surface area contributed by atoms with E-state index in [1.54, 1.807) is 18.2 Å². The van der Waals surface area contributed by atoms with Gasteiger partial charge in [-0.1, -0.05) is 27.5 Å². The number of halogens is 2. The van der Waals surface area contributed by atoms with Crippen LogP contribution in [-0.2, 0) is 0 Å². The molecule has 6 heteroatoms. The predicted octanol–water partition coefficient (Wildman–Crippen LogP) is 3.99. The van der Waals surface area contributed by atoms with E-state index in [-0.39, 0.29) is 11.4 Å². The summed E-state index contributed by atoms with van der Waals surface area (Å²) >= 11 is 9.26. The number of nitrogens with zero attached hydrogens (tertiary/aromatic N) is 1. The minimum Gasteiger partial charge on any atom is -0.478 e. The molecule has 0 amide bonds. The zero-order chi connectivity index (χ0) is 13.1. The lowest BCUT2D eigenvalue weighted by atomic mass is 10.3. The van der Waals surface area contributed by atoms with E-state index in [2.05, 4.69) is 20.9 Å². The van der Waals surface area contributed by atoms with Gasteiger partial charge in [0.15, 0.2) is 0 Å². The van der Waals surface area contributed by atoms with Crippen molar-refractivity contribution >= 4 is 33.5 Å². The molecular weight excluding hydrogens is 321 g/mol. The molecular formula is C12H7BrClNO3. The van der Waals surface area contributed by atoms with Crippen molar-refractivity contribution in [1.82, 2.24) is 4.98 Å². The van der Waals surface area contributed by atoms with E-state index in [1.165, 1.54) is 18.3 Å². The molecule has 0 saturated heterocycles. The summed E-state index contributed by atoms with van der Waals surface area (Å²) in [4.78, 5) is 14.7. The Kier molecular flexibility index (Phi) is 3.84. The summed E-state index contributed by atoms with van der Waals surface area (Å²) in [5.41, 5.74) is 0.105. The van der Waals surface area contributed by atoms with Gasteiger partial charge in [-0.05, 0) is 24.3 Å². The molecule has 0 atom stereocenters. The van der Waals surface area contributed by atoms with Crippen molar-refractivity contribution in [2.45, 2.75) is 0 Å². The molecule has 0 aliphatic heterocycles. The Bertz CT molecular complexity index is 604. The van der Waals surface area contributed by atoms with Crippen LogP contribution < -0.4 is 4.74 Å². The third-order valence-electron chi connectivity index (χ3n) is 2.09. The Morgan fingerprint density at radius 1 is 1.33 bits per heavy atom. The molecule has 0 fully saturated rings. The average molecular weight is 329 g/mol. The lowest BCUT2D eigenvalue weighted by molar-refractivity contribution is 0.0696. The van der Waals surface area contributed by atoms with Gasteiger partial charge in [-0.25, -0.2) is 9.78 Å². The Morgan fingerprint density at radius 3 is 2.78 bits per heavy atom. The fourth-order valence-corrected chi connectivity index (χ4v) is 1.98. The summed E-state index contributed by atoms with van der Waals surface area (Å²) in [7, 11) is 0. The summed E-state index contributed by atoms with van der Waals surface area (Å²) < 4.78 is 6.25. The van der Waals surface area contributed by atoms with Crippen LogP contribution in [0.15, 0.2) is 41.0 Å². The summed E-state index contributed by atoms with van der Waals surface area (Å²) in [6, 6.07) is 7.83. The van der Waals surface area contributed by atoms with Gasteiger partial charge in [0.2, 0.25) is 5.88 Å². The third-order valence-corrected chi connectivity index (χ3v) is 2.88. The zero-order valence-corrected chi connectivity index (χ0v) is 11.3. The quantitative estimate of drug-likeness (QED) is 0.925. The van der Waals surface area contributed by atoms with Crippen LogP contribution in [0.5, 0.6) is 11.6 Å². The monoisotopic (exact) mass is 327 g/mol. The number of aromatic nitrogens is 1. The lowest BCUT2D eigenvalue weighted by Gasteiger charge is -2.07. The van der Waals surface area contributed by atoms with Crippen LogP contribution in [0.2, 0.25) is 5.02 Å². The molecule has 0 radical (unpaired) electrons. The minimum absolute atomic E-state index is 0.105. The van der Waals surface area contributed by atoms with Crippen molar-refractivity contribution < 1.29 is 14.6 Å². The highest BCUT2D eigenvalue weighted by molar-refractivity contribution is 9.10. The van der Waals surface area contributed by atoms with Crippen molar-refractivity contribution in [1.29, 1.82) is 0 Å². The van der Waals surface area contributed by atoms with E-state index >= 15 is 0 Å². The fourth-order valence-electron chi connectivity index (χ4n) is 1.27. The minimum atomic E-state index is -1.04. The molecule has 0 unspecified atom stereocenters. The van der Waals surface area contributed by atoms with E-state index in [0.29, 0.717) is 10.8 Å². The number of ether oxygens (including phenoxy) is 1. The number of carboxylic acids is 1. The van der Waals surface area contributed by atoms with Gasteiger partial charge in [0.1, 0.15) is 5.75 Å². The zero-order valence-electron chi connectivity index (χ0n) is 8.93. The normalized spacial score (nSPS) is 10.1. The highest BCUT2D eigenvalue weighted by Gasteiger charge is 2.08. The Balaban J connectivity index is 2.28. The van der Waals surface area contributed by atoms with Gasteiger partial charge in [0, 0.05) is 16.7 Å². The second-order valence-corrected chi connectivity index (χ2v) is 4.69. The first-order valence-electron chi connectivity index (χ1n) is 4.88. The number of hydrogen-bond acceptors (Lipinski definition) is 3. The summed E-state index contributed by atoms with van der Waals surface area (Å²) in [5.74, 6) is -0.446. The fraction of sp³-hybridized carbons (Fsp3) is 0. The molecule has 1 aromatic carbocycles. The maximum atomic E-state index is 10.8. The van der Waals surface area contributed by atoms with E-state index in [0.717, 1.165) is 4.47 Å². The van der Waals surface area contributed by atoms with Gasteiger partial charge < -0.3 is 9.84 Å². The van der Waals surface area contributed by atoms with Crippen LogP contribution >= 0.6 is 27.5 Å². The van der Waals surface area contributed by atoms with Crippen LogP contribution in [-0.4, -0.2) is 16.1 Å². The Morgan fingerprint density at radius 2 is 2.11 bits per heavy atom. The van der Waals surface area contributed by atoms with Crippen LogP contribution in [0.3, 0.4) is 0 Å². The van der Waals surface area contributed by atoms with Crippen molar-refractivity contribution in [3.63, 3.8) is 0 Å². The number of carbonyl (C=O) groups is 1. The molecule has 0 bridgehead atoms. The number of benzene rings is 1. The SMILES string of the molecule is O=C(O)c1ccnc(Oc2ccc(Br)cc2Cl)c1. The first-order chi connectivity index (χ1) is 8.56. The third kappa shape index (κ3) is 3.00. The molecule has 1 aromatic heterocycles. The topological polar surface area (TPSA) is 59.4 Å². The molecule has 1 N–H and O–H groups in total. The van der Waals surface area contributed by atoms with Gasteiger partial charge in [-0.2, -0.15) is 0 Å². The molecule has 1 heterocycles. The van der Waals surface area contributed by atoms with Gasteiger partial charge in [-0.3, -0.25) is 0 Å². The number of carboxylic acid groups (broad SMARTS) is 1. The molecule has 92 valence electrons. The summed E-state index contributed by atoms with van der Waals surface area (Å²) in [6.07, 6.45) is 1.37. The van der Waals surface area contributed by atoms with Crippen molar-refractivity contribution in [3.8, 4) is 11.6 Å². The lowest BCUT2D eigenvalue weighted by Crippen LogP contribution is -1.97. The molecule has 0 spiro atoms. The molecule has 2 aromatic rings. The molecule has 4 nitrogen and oxygen atoms in total. The summed E-state index contributed by atoms with van der Waals surface area (Å²) in [5, 5.41) is 9.26. The maximum absolute atomic E-state index is 10.8. The molecule has 0 saturated carbocycles. The van der Waals surface area contributed by atoms with Crippen molar-refractivity contribution in [2.75, 3.05) is 0 Å². The first kappa shape index (κ1) is 12.9. The number of pyridine rings is 1. The van der Waals surface area contributed by atoms with E-state index in [1.807, 2.05) is 0 Å². The van der Waals surface area contributed by atoms with Crippen LogP contribution in [0, 0.1) is 0 Å². The standard InChI is InChI=1S/C12H7BrClNO3/c13-8-1-2-10(9(14)6-8)18-11-5-7(12(16)17)3-4-15-11/h1-6H,(H,16,17).